The number of phenols is 1. The number of aromatic hydroxyl groups is 1. The van der Waals surface area contributed by atoms with E-state index in [4.69, 9.17) is 5.73 Å². The molecule has 31 heavy (non-hydrogen) atoms. The molecule has 0 amide bonds. The van der Waals surface area contributed by atoms with Gasteiger partial charge in [-0.3, -0.25) is 0 Å². The van der Waals surface area contributed by atoms with Crippen LogP contribution in [0.5, 0.6) is 5.75 Å². The van der Waals surface area contributed by atoms with Crippen LogP contribution in [0.4, 0.5) is 17.1 Å². The molecule has 0 spiro atoms. The molecule has 9 heteroatoms. The SMILES string of the molecule is Nc1ccc(N=Nc2ccc(-c3ccc(O)cc3)cc2)c2ccc(S(=O)(=O)[O-])cc12.[Na+]. The second-order valence-electron chi connectivity index (χ2n) is 6.63. The fourth-order valence-corrected chi connectivity index (χ4v) is 3.56. The van der Waals surface area contributed by atoms with Gasteiger partial charge in [0.2, 0.25) is 0 Å². The van der Waals surface area contributed by atoms with Crippen molar-refractivity contribution in [3.8, 4) is 16.9 Å². The van der Waals surface area contributed by atoms with Crippen LogP contribution in [0, 0.1) is 0 Å². The molecule has 0 saturated heterocycles. The van der Waals surface area contributed by atoms with E-state index in [2.05, 4.69) is 10.2 Å². The molecule has 0 fully saturated rings. The largest absolute Gasteiger partial charge is 1.00 e. The molecule has 0 radical (unpaired) electrons. The van der Waals surface area contributed by atoms with Gasteiger partial charge < -0.3 is 15.4 Å². The summed E-state index contributed by atoms with van der Waals surface area (Å²) in [6, 6.07) is 21.6. The number of fused-ring (bicyclic) bond motifs is 1. The Hall–Kier alpha value is -2.75. The second kappa shape index (κ2) is 9.17. The first-order valence-electron chi connectivity index (χ1n) is 8.91. The van der Waals surface area contributed by atoms with Crippen LogP contribution in [0.2, 0.25) is 0 Å². The van der Waals surface area contributed by atoms with Gasteiger partial charge in [-0.1, -0.05) is 30.3 Å². The molecule has 0 unspecified atom stereocenters. The molecular formula is C22H16N3NaO4S. The number of anilines is 1. The number of nitrogen functional groups attached to an aromatic ring is 1. The monoisotopic (exact) mass is 441 g/mol. The Bertz CT molecular complexity index is 1370. The topological polar surface area (TPSA) is 128 Å². The molecule has 0 bridgehead atoms. The summed E-state index contributed by atoms with van der Waals surface area (Å²) in [6.07, 6.45) is 0. The van der Waals surface area contributed by atoms with Gasteiger partial charge in [-0.05, 0) is 59.7 Å². The average Bonchev–Trinajstić information content (AvgIpc) is 2.73. The van der Waals surface area contributed by atoms with Crippen LogP contribution in [0.1, 0.15) is 0 Å². The third kappa shape index (κ3) is 5.12. The predicted octanol–water partition coefficient (Wildman–Crippen LogP) is 2.12. The number of hydrogen-bond acceptors (Lipinski definition) is 7. The molecule has 0 heterocycles. The van der Waals surface area contributed by atoms with Crippen LogP contribution in [0.3, 0.4) is 0 Å². The summed E-state index contributed by atoms with van der Waals surface area (Å²) in [4.78, 5) is -0.347. The van der Waals surface area contributed by atoms with E-state index in [0.717, 1.165) is 11.1 Å². The zero-order valence-corrected chi connectivity index (χ0v) is 19.4. The Kier molecular flexibility index (Phi) is 6.78. The van der Waals surface area contributed by atoms with E-state index in [9.17, 15) is 18.1 Å². The Morgan fingerprint density at radius 2 is 1.39 bits per heavy atom. The molecule has 3 N–H and O–H groups in total. The van der Waals surface area contributed by atoms with Crippen LogP contribution in [0.15, 0.2) is 94.0 Å². The number of benzene rings is 4. The van der Waals surface area contributed by atoms with Crippen molar-refractivity contribution < 1.29 is 47.6 Å². The molecule has 150 valence electrons. The van der Waals surface area contributed by atoms with E-state index < -0.39 is 10.1 Å². The van der Waals surface area contributed by atoms with Gasteiger partial charge in [0, 0.05) is 16.5 Å². The van der Waals surface area contributed by atoms with E-state index in [1.807, 2.05) is 36.4 Å². The van der Waals surface area contributed by atoms with Crippen molar-refractivity contribution in [3.63, 3.8) is 0 Å². The van der Waals surface area contributed by atoms with Crippen LogP contribution in [-0.2, 0) is 10.1 Å². The van der Waals surface area contributed by atoms with Gasteiger partial charge >= 0.3 is 29.6 Å². The summed E-state index contributed by atoms with van der Waals surface area (Å²) in [7, 11) is -4.58. The Balaban J connectivity index is 0.00000272. The normalized spacial score (nSPS) is 11.5. The molecule has 7 nitrogen and oxygen atoms in total. The fraction of sp³-hybridized carbons (Fsp3) is 0. The third-order valence-corrected chi connectivity index (χ3v) is 5.46. The summed E-state index contributed by atoms with van der Waals surface area (Å²) < 4.78 is 33.8. The van der Waals surface area contributed by atoms with E-state index in [1.165, 1.54) is 18.2 Å². The Morgan fingerprint density at radius 1 is 0.774 bits per heavy atom. The number of rotatable bonds is 4. The summed E-state index contributed by atoms with van der Waals surface area (Å²) >= 11 is 0. The van der Waals surface area contributed by atoms with Gasteiger partial charge in [0.05, 0.1) is 16.3 Å². The number of hydrogen-bond donors (Lipinski definition) is 2. The first kappa shape index (κ1) is 22.9. The van der Waals surface area contributed by atoms with Crippen molar-refractivity contribution in [1.29, 1.82) is 0 Å². The zero-order valence-electron chi connectivity index (χ0n) is 16.6. The molecule has 0 atom stereocenters. The smallest absolute Gasteiger partial charge is 0.744 e. The van der Waals surface area contributed by atoms with E-state index in [0.29, 0.717) is 27.8 Å². The standard InChI is InChI=1S/C22H17N3O4S.Na/c23-21-11-12-22(19-10-9-18(13-20(19)21)30(27,28)29)25-24-16-5-1-14(2-6-16)15-3-7-17(26)8-4-15;/h1-13,26H,23H2,(H,27,28,29);/q;+1/p-1. The number of phenolic OH excluding ortho intramolecular Hbond substituents is 1. The van der Waals surface area contributed by atoms with Crippen molar-refractivity contribution in [2.24, 2.45) is 10.2 Å². The Labute approximate surface area is 201 Å². The van der Waals surface area contributed by atoms with Crippen molar-refractivity contribution in [1.82, 2.24) is 0 Å². The molecule has 0 saturated carbocycles. The maximum Gasteiger partial charge on any atom is 1.00 e. The quantitative estimate of drug-likeness (QED) is 0.217. The first-order chi connectivity index (χ1) is 14.3. The van der Waals surface area contributed by atoms with Crippen LogP contribution < -0.4 is 35.3 Å². The average molecular weight is 441 g/mol. The van der Waals surface area contributed by atoms with Gasteiger partial charge in [-0.25, -0.2) is 8.42 Å². The van der Waals surface area contributed by atoms with Crippen molar-refractivity contribution in [2.45, 2.75) is 4.90 Å². The van der Waals surface area contributed by atoms with Crippen LogP contribution in [-0.4, -0.2) is 18.1 Å². The number of nitrogens with zero attached hydrogens (tertiary/aromatic N) is 2. The summed E-state index contributed by atoms with van der Waals surface area (Å²) in [5, 5.41) is 18.9. The Morgan fingerprint density at radius 3 is 2.00 bits per heavy atom. The molecule has 0 aromatic heterocycles. The van der Waals surface area contributed by atoms with E-state index in [1.54, 1.807) is 24.3 Å². The second-order valence-corrected chi connectivity index (χ2v) is 8.01. The summed E-state index contributed by atoms with van der Waals surface area (Å²) in [6.45, 7) is 0. The molecule has 4 aromatic carbocycles. The molecule has 4 rings (SSSR count). The van der Waals surface area contributed by atoms with Crippen LogP contribution in [0.25, 0.3) is 21.9 Å². The third-order valence-electron chi connectivity index (χ3n) is 4.63. The van der Waals surface area contributed by atoms with E-state index in [-0.39, 0.29) is 40.2 Å². The first-order valence-corrected chi connectivity index (χ1v) is 10.3. The maximum atomic E-state index is 11.3. The van der Waals surface area contributed by atoms with Crippen LogP contribution >= 0.6 is 0 Å². The van der Waals surface area contributed by atoms with Crippen molar-refractivity contribution in [3.05, 3.63) is 78.9 Å². The van der Waals surface area contributed by atoms with Crippen molar-refractivity contribution in [2.75, 3.05) is 5.73 Å². The number of nitrogens with two attached hydrogens (primary N) is 1. The minimum Gasteiger partial charge on any atom is -0.744 e. The molecule has 0 aliphatic rings. The molecule has 0 aliphatic carbocycles. The minimum atomic E-state index is -4.58. The zero-order chi connectivity index (χ0) is 21.3. The predicted molar refractivity (Wildman–Crippen MR) is 114 cm³/mol. The van der Waals surface area contributed by atoms with Gasteiger partial charge in [-0.15, -0.1) is 5.11 Å². The van der Waals surface area contributed by atoms with Gasteiger partial charge in [0.15, 0.2) is 0 Å². The van der Waals surface area contributed by atoms with Crippen molar-refractivity contribution >= 4 is 38.0 Å². The minimum absolute atomic E-state index is 0. The molecule has 0 aliphatic heterocycles. The van der Waals surface area contributed by atoms with Gasteiger partial charge in [0.1, 0.15) is 15.9 Å². The number of azo groups is 1. The summed E-state index contributed by atoms with van der Waals surface area (Å²) in [5.41, 5.74) is 9.34. The fourth-order valence-electron chi connectivity index (χ4n) is 3.06. The van der Waals surface area contributed by atoms with Gasteiger partial charge in [0.25, 0.3) is 0 Å². The van der Waals surface area contributed by atoms with Gasteiger partial charge in [-0.2, -0.15) is 5.11 Å². The molecular weight excluding hydrogens is 425 g/mol. The van der Waals surface area contributed by atoms with E-state index >= 15 is 0 Å². The maximum absolute atomic E-state index is 11.3. The summed E-state index contributed by atoms with van der Waals surface area (Å²) in [5.74, 6) is 0.208. The molecule has 4 aromatic rings.